The first-order valence-electron chi connectivity index (χ1n) is 8.49. The van der Waals surface area contributed by atoms with Gasteiger partial charge in [-0.2, -0.15) is 0 Å². The summed E-state index contributed by atoms with van der Waals surface area (Å²) in [5.74, 6) is 0.506. The second-order valence-electron chi connectivity index (χ2n) is 7.63. The van der Waals surface area contributed by atoms with E-state index < -0.39 is 6.09 Å². The molecule has 25 heavy (non-hydrogen) atoms. The van der Waals surface area contributed by atoms with E-state index in [1.807, 2.05) is 20.8 Å². The van der Waals surface area contributed by atoms with Crippen LogP contribution in [0.1, 0.15) is 52.5 Å². The molecule has 1 fully saturated rings. The normalized spacial score (nSPS) is 21.4. The molecule has 0 aromatic carbocycles. The molecule has 7 nitrogen and oxygen atoms in total. The lowest BCUT2D eigenvalue weighted by Gasteiger charge is -2.42. The highest BCUT2D eigenvalue weighted by atomic mass is 127. The third-order valence-electron chi connectivity index (χ3n) is 4.95. The van der Waals surface area contributed by atoms with E-state index in [4.69, 9.17) is 5.73 Å². The van der Waals surface area contributed by atoms with Crippen molar-refractivity contribution in [2.45, 2.75) is 64.1 Å². The Balaban J connectivity index is 1.82. The first-order valence-corrected chi connectivity index (χ1v) is 9.56. The number of aromatic nitrogens is 3. The number of carboxylic acid groups (broad SMARTS) is 1. The lowest BCUT2D eigenvalue weighted by atomic mass is 9.88. The lowest BCUT2D eigenvalue weighted by Crippen LogP contribution is -2.52. The third kappa shape index (κ3) is 3.40. The first kappa shape index (κ1) is 18.2. The molecule has 1 aliphatic carbocycles. The van der Waals surface area contributed by atoms with E-state index in [-0.39, 0.29) is 11.6 Å². The second-order valence-corrected chi connectivity index (χ2v) is 8.79. The van der Waals surface area contributed by atoms with Crippen LogP contribution in [-0.4, -0.2) is 42.2 Å². The third-order valence-corrected chi connectivity index (χ3v) is 5.76. The van der Waals surface area contributed by atoms with Crippen molar-refractivity contribution in [2.75, 3.05) is 5.73 Å². The average molecular weight is 457 g/mol. The highest BCUT2D eigenvalue weighted by Crippen LogP contribution is 2.37. The molecule has 0 bridgehead atoms. The molecule has 1 amide bonds. The van der Waals surface area contributed by atoms with E-state index >= 15 is 0 Å². The van der Waals surface area contributed by atoms with Crippen molar-refractivity contribution < 1.29 is 9.90 Å². The summed E-state index contributed by atoms with van der Waals surface area (Å²) in [6.45, 7) is 5.86. The van der Waals surface area contributed by atoms with Gasteiger partial charge in [-0.15, -0.1) is 0 Å². The standard InChI is InChI=1S/C17H24IN5O2/c1-17(2,3)23(16(24)25)11-6-4-10(5-7-11)22-8-12(18)13-14(19)20-9-21-15(13)22/h8-11H,4-7H2,1-3H3,(H,24,25)(H2,19,20,21). The van der Waals surface area contributed by atoms with Crippen molar-refractivity contribution in [3.8, 4) is 0 Å². The fraction of sp³-hybridized carbons (Fsp3) is 0.588. The van der Waals surface area contributed by atoms with Gasteiger partial charge in [-0.05, 0) is 69.0 Å². The molecule has 0 radical (unpaired) electrons. The zero-order chi connectivity index (χ0) is 18.4. The van der Waals surface area contributed by atoms with Gasteiger partial charge >= 0.3 is 6.09 Å². The number of nitrogens with two attached hydrogens (primary N) is 1. The van der Waals surface area contributed by atoms with Crippen LogP contribution in [0.2, 0.25) is 0 Å². The molecule has 0 aliphatic heterocycles. The van der Waals surface area contributed by atoms with Crippen molar-refractivity contribution in [3.05, 3.63) is 16.1 Å². The van der Waals surface area contributed by atoms with Gasteiger partial charge in [-0.1, -0.05) is 0 Å². The van der Waals surface area contributed by atoms with Crippen LogP contribution in [0.3, 0.4) is 0 Å². The number of nitrogen functional groups attached to an aromatic ring is 1. The van der Waals surface area contributed by atoms with Crippen molar-refractivity contribution in [2.24, 2.45) is 0 Å². The molecule has 2 aromatic rings. The Morgan fingerprint density at radius 1 is 1.32 bits per heavy atom. The number of nitrogens with zero attached hydrogens (tertiary/aromatic N) is 4. The van der Waals surface area contributed by atoms with Gasteiger partial charge in [0.1, 0.15) is 17.8 Å². The van der Waals surface area contributed by atoms with Gasteiger partial charge in [0.2, 0.25) is 0 Å². The van der Waals surface area contributed by atoms with Crippen LogP contribution >= 0.6 is 22.6 Å². The molecule has 3 rings (SSSR count). The molecule has 8 heteroatoms. The van der Waals surface area contributed by atoms with Crippen molar-refractivity contribution >= 4 is 45.5 Å². The predicted octanol–water partition coefficient (Wildman–Crippen LogP) is 3.88. The molecule has 3 N–H and O–H groups in total. The van der Waals surface area contributed by atoms with Gasteiger partial charge in [0, 0.05) is 27.4 Å². The van der Waals surface area contributed by atoms with E-state index in [1.165, 1.54) is 6.33 Å². The summed E-state index contributed by atoms with van der Waals surface area (Å²) in [6.07, 6.45) is 6.30. The number of halogens is 1. The van der Waals surface area contributed by atoms with Crippen LogP contribution in [0.25, 0.3) is 11.0 Å². The zero-order valence-electron chi connectivity index (χ0n) is 14.7. The molecule has 136 valence electrons. The Kier molecular flexibility index (Phi) is 4.82. The summed E-state index contributed by atoms with van der Waals surface area (Å²) in [5, 5.41) is 10.5. The summed E-state index contributed by atoms with van der Waals surface area (Å²) < 4.78 is 3.24. The Labute approximate surface area is 160 Å². The minimum atomic E-state index is -0.836. The Hall–Kier alpha value is -1.58. The van der Waals surface area contributed by atoms with Crippen LogP contribution in [0.4, 0.5) is 10.6 Å². The van der Waals surface area contributed by atoms with Crippen molar-refractivity contribution in [3.63, 3.8) is 0 Å². The molecule has 2 aromatic heterocycles. The van der Waals surface area contributed by atoms with Crippen LogP contribution in [0.5, 0.6) is 0 Å². The summed E-state index contributed by atoms with van der Waals surface area (Å²) in [6, 6.07) is 0.376. The van der Waals surface area contributed by atoms with Gasteiger partial charge < -0.3 is 20.3 Å². The number of rotatable bonds is 2. The van der Waals surface area contributed by atoms with E-state index in [0.29, 0.717) is 11.9 Å². The molecule has 0 saturated heterocycles. The Morgan fingerprint density at radius 2 is 1.96 bits per heavy atom. The summed E-state index contributed by atoms with van der Waals surface area (Å²) in [7, 11) is 0. The SMILES string of the molecule is CC(C)(C)N(C(=O)O)C1CCC(n2cc(I)c3c(N)ncnc32)CC1. The molecular weight excluding hydrogens is 433 g/mol. The maximum atomic E-state index is 11.7. The maximum Gasteiger partial charge on any atom is 0.407 e. The molecule has 2 heterocycles. The van der Waals surface area contributed by atoms with E-state index in [9.17, 15) is 9.90 Å². The van der Waals surface area contributed by atoms with Gasteiger partial charge in [0.25, 0.3) is 0 Å². The van der Waals surface area contributed by atoms with Crippen molar-refractivity contribution in [1.29, 1.82) is 0 Å². The van der Waals surface area contributed by atoms with Gasteiger partial charge in [-0.3, -0.25) is 0 Å². The second kappa shape index (κ2) is 6.62. The topological polar surface area (TPSA) is 97.3 Å². The van der Waals surface area contributed by atoms with Crippen LogP contribution in [-0.2, 0) is 0 Å². The summed E-state index contributed by atoms with van der Waals surface area (Å²) >= 11 is 2.27. The summed E-state index contributed by atoms with van der Waals surface area (Å²) in [5.41, 5.74) is 6.48. The van der Waals surface area contributed by atoms with Crippen molar-refractivity contribution in [1.82, 2.24) is 19.4 Å². The average Bonchev–Trinajstić information content (AvgIpc) is 2.85. The fourth-order valence-electron chi connectivity index (χ4n) is 3.93. The largest absolute Gasteiger partial charge is 0.465 e. The zero-order valence-corrected chi connectivity index (χ0v) is 16.9. The maximum absolute atomic E-state index is 11.7. The molecule has 0 atom stereocenters. The van der Waals surface area contributed by atoms with E-state index in [1.54, 1.807) is 4.90 Å². The van der Waals surface area contributed by atoms with E-state index in [2.05, 4.69) is 43.3 Å². The van der Waals surface area contributed by atoms with E-state index in [0.717, 1.165) is 40.3 Å². The highest BCUT2D eigenvalue weighted by Gasteiger charge is 2.36. The number of hydrogen-bond acceptors (Lipinski definition) is 4. The number of carbonyl (C=O) groups is 1. The van der Waals surface area contributed by atoms with Gasteiger partial charge in [0.15, 0.2) is 0 Å². The van der Waals surface area contributed by atoms with Gasteiger partial charge in [-0.25, -0.2) is 14.8 Å². The lowest BCUT2D eigenvalue weighted by molar-refractivity contribution is 0.0514. The number of hydrogen-bond donors (Lipinski definition) is 2. The monoisotopic (exact) mass is 457 g/mol. The molecular formula is C17H24IN5O2. The first-order chi connectivity index (χ1) is 11.7. The fourth-order valence-corrected chi connectivity index (χ4v) is 4.74. The molecule has 0 spiro atoms. The van der Waals surface area contributed by atoms with Crippen LogP contribution in [0.15, 0.2) is 12.5 Å². The highest BCUT2D eigenvalue weighted by molar-refractivity contribution is 14.1. The van der Waals surface area contributed by atoms with Crippen LogP contribution < -0.4 is 5.73 Å². The molecule has 1 saturated carbocycles. The molecule has 0 unspecified atom stereocenters. The number of fused-ring (bicyclic) bond motifs is 1. The smallest absolute Gasteiger partial charge is 0.407 e. The predicted molar refractivity (Wildman–Crippen MR) is 106 cm³/mol. The number of anilines is 1. The Morgan fingerprint density at radius 3 is 2.52 bits per heavy atom. The minimum Gasteiger partial charge on any atom is -0.465 e. The Bertz CT molecular complexity index is 790. The number of amides is 1. The van der Waals surface area contributed by atoms with Crippen LogP contribution in [0, 0.1) is 3.57 Å². The molecule has 1 aliphatic rings. The van der Waals surface area contributed by atoms with Gasteiger partial charge in [0.05, 0.1) is 5.39 Å². The quantitative estimate of drug-likeness (QED) is 0.668. The summed E-state index contributed by atoms with van der Waals surface area (Å²) in [4.78, 5) is 21.8. The minimum absolute atomic E-state index is 0.0642.